The zero-order valence-corrected chi connectivity index (χ0v) is 17.2. The highest BCUT2D eigenvalue weighted by Crippen LogP contribution is 2.28. The van der Waals surface area contributed by atoms with Gasteiger partial charge in [-0.15, -0.1) is 0 Å². The number of carbonyl (C=O) groups is 2. The van der Waals surface area contributed by atoms with Crippen molar-refractivity contribution in [2.45, 2.75) is 6.61 Å². The molecule has 1 saturated heterocycles. The van der Waals surface area contributed by atoms with Gasteiger partial charge in [0.2, 0.25) is 0 Å². The lowest BCUT2D eigenvalue weighted by Crippen LogP contribution is -2.35. The maximum Gasteiger partial charge on any atom is 0.282 e. The van der Waals surface area contributed by atoms with Crippen molar-refractivity contribution < 1.29 is 14.3 Å². The van der Waals surface area contributed by atoms with Gasteiger partial charge in [-0.1, -0.05) is 53.5 Å². The molecule has 0 atom stereocenters. The van der Waals surface area contributed by atoms with Crippen LogP contribution in [0.3, 0.4) is 0 Å². The molecule has 0 aromatic heterocycles. The van der Waals surface area contributed by atoms with Gasteiger partial charge in [-0.25, -0.2) is 5.01 Å². The molecule has 0 unspecified atom stereocenters. The second-order valence-corrected chi connectivity index (χ2v) is 7.45. The molecule has 0 radical (unpaired) electrons. The van der Waals surface area contributed by atoms with Crippen LogP contribution in [0.1, 0.15) is 11.1 Å². The van der Waals surface area contributed by atoms with E-state index in [-0.39, 0.29) is 5.57 Å². The molecule has 4 rings (SSSR count). The first kappa shape index (κ1) is 20.0. The van der Waals surface area contributed by atoms with E-state index in [4.69, 9.17) is 27.9 Å². The molecule has 150 valence electrons. The summed E-state index contributed by atoms with van der Waals surface area (Å²) in [5, 5.41) is 2.32. The third-order valence-corrected chi connectivity index (χ3v) is 4.97. The summed E-state index contributed by atoms with van der Waals surface area (Å²) in [6.07, 6.45) is 1.49. The van der Waals surface area contributed by atoms with Crippen LogP contribution in [-0.4, -0.2) is 11.8 Å². The highest BCUT2D eigenvalue weighted by molar-refractivity contribution is 6.32. The molecule has 30 heavy (non-hydrogen) atoms. The lowest BCUT2D eigenvalue weighted by Gasteiger charge is -2.14. The van der Waals surface area contributed by atoms with Crippen LogP contribution in [0.2, 0.25) is 10.0 Å². The fourth-order valence-electron chi connectivity index (χ4n) is 2.98. The first-order chi connectivity index (χ1) is 14.5. The number of nitrogens with one attached hydrogen (secondary N) is 1. The number of amides is 2. The van der Waals surface area contributed by atoms with E-state index in [1.54, 1.807) is 54.6 Å². The molecule has 3 aromatic carbocycles. The third kappa shape index (κ3) is 4.32. The first-order valence-electron chi connectivity index (χ1n) is 9.10. The van der Waals surface area contributed by atoms with Gasteiger partial charge in [-0.2, -0.15) is 0 Å². The zero-order chi connectivity index (χ0) is 21.1. The number of halogens is 2. The highest BCUT2D eigenvalue weighted by atomic mass is 35.5. The van der Waals surface area contributed by atoms with E-state index in [1.807, 2.05) is 18.2 Å². The Morgan fingerprint density at radius 3 is 2.33 bits per heavy atom. The molecule has 0 aliphatic carbocycles. The molecule has 1 aliphatic rings. The van der Waals surface area contributed by atoms with Gasteiger partial charge in [0.05, 0.1) is 5.69 Å². The van der Waals surface area contributed by atoms with Crippen molar-refractivity contribution in [1.29, 1.82) is 0 Å². The molecule has 1 heterocycles. The van der Waals surface area contributed by atoms with Crippen LogP contribution in [0.15, 0.2) is 78.4 Å². The Bertz CT molecular complexity index is 1130. The van der Waals surface area contributed by atoms with Crippen molar-refractivity contribution in [2.24, 2.45) is 0 Å². The standard InChI is InChI=1S/C23H16Cl2N2O3/c24-17-8-6-15(7-9-17)14-30-21-11-10-18(25)12-16(21)13-20-22(28)26-27(23(20)29)19-4-2-1-3-5-19/h1-13H,14H2,(H,26,28). The second-order valence-electron chi connectivity index (χ2n) is 6.57. The van der Waals surface area contributed by atoms with Crippen LogP contribution in [0.4, 0.5) is 5.69 Å². The fraction of sp³-hybridized carbons (Fsp3) is 0.0435. The molecule has 1 N–H and O–H groups in total. The molecule has 1 fully saturated rings. The summed E-state index contributed by atoms with van der Waals surface area (Å²) in [6, 6.07) is 21.2. The van der Waals surface area contributed by atoms with Gasteiger partial charge in [0, 0.05) is 15.6 Å². The lowest BCUT2D eigenvalue weighted by molar-refractivity contribution is -0.117. The summed E-state index contributed by atoms with van der Waals surface area (Å²) in [5.41, 5.74) is 4.61. The minimum atomic E-state index is -0.493. The van der Waals surface area contributed by atoms with Gasteiger partial charge >= 0.3 is 0 Å². The van der Waals surface area contributed by atoms with Crippen LogP contribution >= 0.6 is 23.2 Å². The number of benzene rings is 3. The number of anilines is 1. The second kappa shape index (κ2) is 8.61. The number of hydrazine groups is 1. The molecule has 5 nitrogen and oxygen atoms in total. The zero-order valence-electron chi connectivity index (χ0n) is 15.6. The van der Waals surface area contributed by atoms with E-state index in [9.17, 15) is 9.59 Å². The Hall–Kier alpha value is -3.28. The molecular weight excluding hydrogens is 423 g/mol. The molecular formula is C23H16Cl2N2O3. The van der Waals surface area contributed by atoms with E-state index in [0.29, 0.717) is 33.7 Å². The maximum atomic E-state index is 12.8. The summed E-state index contributed by atoms with van der Waals surface area (Å²) >= 11 is 12.1. The molecule has 2 amide bonds. The van der Waals surface area contributed by atoms with Gasteiger partial charge in [0.25, 0.3) is 11.8 Å². The number of hydrogen-bond acceptors (Lipinski definition) is 3. The number of nitrogens with zero attached hydrogens (tertiary/aromatic N) is 1. The van der Waals surface area contributed by atoms with Crippen molar-refractivity contribution >= 4 is 46.8 Å². The summed E-state index contributed by atoms with van der Waals surface area (Å²) < 4.78 is 5.91. The first-order valence-corrected chi connectivity index (χ1v) is 9.86. The Labute approximate surface area is 183 Å². The normalized spacial score (nSPS) is 14.9. The summed E-state index contributed by atoms with van der Waals surface area (Å²) in [7, 11) is 0. The third-order valence-electron chi connectivity index (χ3n) is 4.49. The number of hydrogen-bond donors (Lipinski definition) is 1. The SMILES string of the molecule is O=C1NN(c2ccccc2)C(=O)C1=Cc1cc(Cl)ccc1OCc1ccc(Cl)cc1. The molecule has 0 bridgehead atoms. The van der Waals surface area contributed by atoms with E-state index in [1.165, 1.54) is 11.1 Å². The van der Waals surface area contributed by atoms with E-state index in [2.05, 4.69) is 5.43 Å². The minimum absolute atomic E-state index is 0.00235. The Balaban J connectivity index is 1.61. The predicted molar refractivity (Wildman–Crippen MR) is 117 cm³/mol. The van der Waals surface area contributed by atoms with E-state index in [0.717, 1.165) is 5.56 Å². The van der Waals surface area contributed by atoms with Crippen molar-refractivity contribution in [3.63, 3.8) is 0 Å². The fourth-order valence-corrected chi connectivity index (χ4v) is 3.28. The monoisotopic (exact) mass is 438 g/mol. The Morgan fingerprint density at radius 2 is 1.60 bits per heavy atom. The van der Waals surface area contributed by atoms with Crippen molar-refractivity contribution in [1.82, 2.24) is 5.43 Å². The minimum Gasteiger partial charge on any atom is -0.488 e. The Morgan fingerprint density at radius 1 is 0.900 bits per heavy atom. The van der Waals surface area contributed by atoms with Gasteiger partial charge in [-0.05, 0) is 54.1 Å². The number of ether oxygens (including phenoxy) is 1. The van der Waals surface area contributed by atoms with Gasteiger partial charge in [0.1, 0.15) is 17.9 Å². The number of carbonyl (C=O) groups excluding carboxylic acids is 2. The largest absolute Gasteiger partial charge is 0.488 e. The van der Waals surface area contributed by atoms with Gasteiger partial charge in [0.15, 0.2) is 0 Å². The lowest BCUT2D eigenvalue weighted by atomic mass is 10.1. The Kier molecular flexibility index (Phi) is 5.74. The summed E-state index contributed by atoms with van der Waals surface area (Å²) in [4.78, 5) is 25.3. The molecule has 0 saturated carbocycles. The average Bonchev–Trinajstić information content (AvgIpc) is 3.03. The van der Waals surface area contributed by atoms with Crippen LogP contribution in [0.5, 0.6) is 5.75 Å². The van der Waals surface area contributed by atoms with Gasteiger partial charge < -0.3 is 4.74 Å². The topological polar surface area (TPSA) is 58.6 Å². The van der Waals surface area contributed by atoms with Crippen molar-refractivity contribution in [3.05, 3.63) is 99.5 Å². The number of para-hydroxylation sites is 1. The summed E-state index contributed by atoms with van der Waals surface area (Å²) in [6.45, 7) is 0.297. The maximum absolute atomic E-state index is 12.8. The van der Waals surface area contributed by atoms with Crippen LogP contribution in [0.25, 0.3) is 6.08 Å². The van der Waals surface area contributed by atoms with Crippen LogP contribution in [0, 0.1) is 0 Å². The number of rotatable bonds is 5. The quantitative estimate of drug-likeness (QED) is 0.448. The molecule has 3 aromatic rings. The van der Waals surface area contributed by atoms with E-state index >= 15 is 0 Å². The molecule has 0 spiro atoms. The predicted octanol–water partition coefficient (Wildman–Crippen LogP) is 5.03. The average molecular weight is 439 g/mol. The highest BCUT2D eigenvalue weighted by Gasteiger charge is 2.34. The molecule has 7 heteroatoms. The van der Waals surface area contributed by atoms with Crippen molar-refractivity contribution in [2.75, 3.05) is 5.01 Å². The van der Waals surface area contributed by atoms with Gasteiger partial charge in [-0.3, -0.25) is 15.0 Å². The van der Waals surface area contributed by atoms with Crippen LogP contribution in [-0.2, 0) is 16.2 Å². The summed E-state index contributed by atoms with van der Waals surface area (Å²) in [5.74, 6) is -0.442. The van der Waals surface area contributed by atoms with Crippen LogP contribution < -0.4 is 15.2 Å². The van der Waals surface area contributed by atoms with Crippen molar-refractivity contribution in [3.8, 4) is 5.75 Å². The van der Waals surface area contributed by atoms with E-state index < -0.39 is 11.8 Å². The molecule has 1 aliphatic heterocycles. The smallest absolute Gasteiger partial charge is 0.282 e.